The van der Waals surface area contributed by atoms with E-state index in [1.807, 2.05) is 31.2 Å². The molecule has 6 heteroatoms. The van der Waals surface area contributed by atoms with E-state index in [0.717, 1.165) is 25.0 Å². The number of carbonyl (C=O) groups is 2. The lowest BCUT2D eigenvalue weighted by molar-refractivity contribution is -0.138. The summed E-state index contributed by atoms with van der Waals surface area (Å²) in [4.78, 5) is 26.5. The van der Waals surface area contributed by atoms with Crippen LogP contribution in [0.15, 0.2) is 24.3 Å². The Morgan fingerprint density at radius 1 is 1.33 bits per heavy atom. The summed E-state index contributed by atoms with van der Waals surface area (Å²) < 4.78 is 5.54. The van der Waals surface area contributed by atoms with E-state index in [1.54, 1.807) is 16.7 Å². The van der Waals surface area contributed by atoms with Crippen LogP contribution in [0.1, 0.15) is 36.3 Å². The Labute approximate surface area is 147 Å². The molecule has 3 atom stereocenters. The molecule has 3 rings (SSSR count). The Balaban J connectivity index is 1.67. The van der Waals surface area contributed by atoms with Crippen molar-refractivity contribution in [1.82, 2.24) is 10.2 Å². The van der Waals surface area contributed by atoms with Crippen LogP contribution in [-0.2, 0) is 14.3 Å². The van der Waals surface area contributed by atoms with Gasteiger partial charge in [0.1, 0.15) is 11.4 Å². The molecule has 1 aromatic carbocycles. The van der Waals surface area contributed by atoms with Gasteiger partial charge in [0, 0.05) is 25.8 Å². The number of nitrogens with one attached hydrogen (secondary N) is 1. The average Bonchev–Trinajstić information content (AvgIpc) is 3.22. The summed E-state index contributed by atoms with van der Waals surface area (Å²) in [7, 11) is 0. The number of hydrogen-bond acceptors (Lipinski definition) is 4. The van der Waals surface area contributed by atoms with Crippen molar-refractivity contribution in [2.75, 3.05) is 18.9 Å². The van der Waals surface area contributed by atoms with Crippen molar-refractivity contribution in [3.8, 4) is 0 Å². The second-order valence-corrected chi connectivity index (χ2v) is 7.53. The van der Waals surface area contributed by atoms with Crippen LogP contribution in [0.5, 0.6) is 0 Å². The summed E-state index contributed by atoms with van der Waals surface area (Å²) >= 11 is 1.65. The van der Waals surface area contributed by atoms with E-state index in [4.69, 9.17) is 4.74 Å². The Hall–Kier alpha value is -1.53. The van der Waals surface area contributed by atoms with E-state index in [1.165, 1.54) is 12.5 Å². The van der Waals surface area contributed by atoms with Crippen molar-refractivity contribution in [1.29, 1.82) is 0 Å². The monoisotopic (exact) mass is 348 g/mol. The van der Waals surface area contributed by atoms with E-state index >= 15 is 0 Å². The number of amides is 2. The third kappa shape index (κ3) is 3.75. The Kier molecular flexibility index (Phi) is 5.46. The number of carbonyl (C=O) groups excluding carboxylic acids is 2. The zero-order valence-corrected chi connectivity index (χ0v) is 15.0. The third-order valence-electron chi connectivity index (χ3n) is 4.56. The maximum Gasteiger partial charge on any atom is 0.243 e. The molecule has 5 nitrogen and oxygen atoms in total. The number of hydrogen-bond donors (Lipinski definition) is 1. The van der Waals surface area contributed by atoms with Gasteiger partial charge in [-0.1, -0.05) is 29.8 Å². The van der Waals surface area contributed by atoms with Crippen molar-refractivity contribution in [3.05, 3.63) is 35.4 Å². The molecule has 2 heterocycles. The van der Waals surface area contributed by atoms with Gasteiger partial charge in [-0.15, -0.1) is 11.8 Å². The highest BCUT2D eigenvalue weighted by atomic mass is 32.2. The first-order valence-corrected chi connectivity index (χ1v) is 9.47. The van der Waals surface area contributed by atoms with Crippen molar-refractivity contribution < 1.29 is 14.3 Å². The number of benzene rings is 1. The first-order chi connectivity index (χ1) is 11.6. The second-order valence-electron chi connectivity index (χ2n) is 6.42. The fraction of sp³-hybridized carbons (Fsp3) is 0.556. The minimum Gasteiger partial charge on any atom is -0.376 e. The van der Waals surface area contributed by atoms with Crippen LogP contribution in [0.25, 0.3) is 0 Å². The molecule has 1 aromatic rings. The fourth-order valence-corrected chi connectivity index (χ4v) is 4.70. The fourth-order valence-electron chi connectivity index (χ4n) is 3.22. The van der Waals surface area contributed by atoms with E-state index in [0.29, 0.717) is 12.3 Å². The van der Waals surface area contributed by atoms with Gasteiger partial charge in [-0.2, -0.15) is 0 Å². The Morgan fingerprint density at radius 2 is 2.08 bits per heavy atom. The maximum absolute atomic E-state index is 12.6. The number of nitrogens with zero attached hydrogens (tertiary/aromatic N) is 1. The van der Waals surface area contributed by atoms with Crippen LogP contribution in [0.3, 0.4) is 0 Å². The largest absolute Gasteiger partial charge is 0.376 e. The van der Waals surface area contributed by atoms with Gasteiger partial charge < -0.3 is 15.0 Å². The van der Waals surface area contributed by atoms with Gasteiger partial charge >= 0.3 is 0 Å². The van der Waals surface area contributed by atoms with Gasteiger partial charge in [0.05, 0.1) is 6.10 Å². The van der Waals surface area contributed by atoms with E-state index in [-0.39, 0.29) is 23.3 Å². The lowest BCUT2D eigenvalue weighted by Crippen LogP contribution is -2.48. The first kappa shape index (κ1) is 17.3. The molecule has 2 amide bonds. The van der Waals surface area contributed by atoms with Crippen LogP contribution in [-0.4, -0.2) is 47.8 Å². The third-order valence-corrected chi connectivity index (χ3v) is 5.88. The molecule has 0 aromatic heterocycles. The van der Waals surface area contributed by atoms with Crippen molar-refractivity contribution in [3.63, 3.8) is 0 Å². The smallest absolute Gasteiger partial charge is 0.243 e. The summed E-state index contributed by atoms with van der Waals surface area (Å²) in [5.74, 6) is 0.473. The van der Waals surface area contributed by atoms with Gasteiger partial charge in [-0.3, -0.25) is 9.59 Å². The molecular weight excluding hydrogens is 324 g/mol. The molecule has 0 unspecified atom stereocenters. The minimum atomic E-state index is -0.416. The highest BCUT2D eigenvalue weighted by Crippen LogP contribution is 2.41. The molecule has 2 fully saturated rings. The highest BCUT2D eigenvalue weighted by molar-refractivity contribution is 7.99. The number of aryl methyl sites for hydroxylation is 1. The van der Waals surface area contributed by atoms with Crippen molar-refractivity contribution in [2.24, 2.45) is 0 Å². The van der Waals surface area contributed by atoms with E-state index in [9.17, 15) is 9.59 Å². The SMILES string of the molecule is CC(=O)N1[C@H](C(=O)NC[C@H]2CCCO2)CS[C@H]1c1ccc(C)cc1. The lowest BCUT2D eigenvalue weighted by Gasteiger charge is -2.28. The van der Waals surface area contributed by atoms with Gasteiger partial charge in [-0.05, 0) is 25.3 Å². The molecule has 130 valence electrons. The zero-order valence-electron chi connectivity index (χ0n) is 14.2. The zero-order chi connectivity index (χ0) is 17.1. The van der Waals surface area contributed by atoms with Crippen LogP contribution in [0.4, 0.5) is 0 Å². The van der Waals surface area contributed by atoms with Crippen molar-refractivity contribution >= 4 is 23.6 Å². The topological polar surface area (TPSA) is 58.6 Å². The molecular formula is C18H24N2O3S. The van der Waals surface area contributed by atoms with Crippen LogP contribution >= 0.6 is 11.8 Å². The molecule has 2 saturated heterocycles. The first-order valence-electron chi connectivity index (χ1n) is 8.42. The molecule has 0 bridgehead atoms. The highest BCUT2D eigenvalue weighted by Gasteiger charge is 2.40. The number of rotatable bonds is 4. The Morgan fingerprint density at radius 3 is 2.71 bits per heavy atom. The maximum atomic E-state index is 12.6. The molecule has 2 aliphatic rings. The predicted molar refractivity (Wildman–Crippen MR) is 94.7 cm³/mol. The Bertz CT molecular complexity index is 599. The van der Waals surface area contributed by atoms with E-state index in [2.05, 4.69) is 5.32 Å². The number of ether oxygens (including phenoxy) is 1. The van der Waals surface area contributed by atoms with Crippen molar-refractivity contribution in [2.45, 2.75) is 44.2 Å². The van der Waals surface area contributed by atoms with Gasteiger partial charge in [0.25, 0.3) is 0 Å². The molecule has 2 aliphatic heterocycles. The molecule has 0 saturated carbocycles. The molecule has 1 N–H and O–H groups in total. The molecule has 0 radical (unpaired) electrons. The van der Waals surface area contributed by atoms with Gasteiger partial charge in [0.2, 0.25) is 11.8 Å². The normalized spacial score (nSPS) is 26.6. The average molecular weight is 348 g/mol. The molecule has 24 heavy (non-hydrogen) atoms. The lowest BCUT2D eigenvalue weighted by atomic mass is 10.1. The van der Waals surface area contributed by atoms with Crippen LogP contribution in [0.2, 0.25) is 0 Å². The summed E-state index contributed by atoms with van der Waals surface area (Å²) in [5, 5.41) is 2.87. The predicted octanol–water partition coefficient (Wildman–Crippen LogP) is 2.25. The van der Waals surface area contributed by atoms with Crippen LogP contribution in [0, 0.1) is 6.92 Å². The number of thioether (sulfide) groups is 1. The molecule has 0 spiro atoms. The van der Waals surface area contributed by atoms with E-state index < -0.39 is 6.04 Å². The second kappa shape index (κ2) is 7.57. The summed E-state index contributed by atoms with van der Waals surface area (Å²) in [5.41, 5.74) is 2.25. The van der Waals surface area contributed by atoms with Gasteiger partial charge in [-0.25, -0.2) is 0 Å². The molecule has 0 aliphatic carbocycles. The summed E-state index contributed by atoms with van der Waals surface area (Å²) in [6.07, 6.45) is 2.15. The quantitative estimate of drug-likeness (QED) is 0.907. The van der Waals surface area contributed by atoms with Gasteiger partial charge in [0.15, 0.2) is 0 Å². The standard InChI is InChI=1S/C18H24N2O3S/c1-12-5-7-14(8-6-12)18-20(13(2)21)16(11-24-18)17(22)19-10-15-4-3-9-23-15/h5-8,15-16,18H,3-4,9-11H2,1-2H3,(H,19,22)/t15-,16+,18+/m1/s1. The summed E-state index contributed by atoms with van der Waals surface area (Å²) in [6.45, 7) is 4.87. The minimum absolute atomic E-state index is 0.0668. The van der Waals surface area contributed by atoms with Crippen LogP contribution < -0.4 is 5.32 Å². The summed E-state index contributed by atoms with van der Waals surface area (Å²) in [6, 6.07) is 7.74.